The minimum absolute atomic E-state index is 0. The minimum Gasteiger partial charge on any atom is -0.462 e. The first-order valence-corrected chi connectivity index (χ1v) is 7.56. The van der Waals surface area contributed by atoms with Gasteiger partial charge in [0.1, 0.15) is 0 Å². The molecule has 118 valence electrons. The van der Waals surface area contributed by atoms with Crippen molar-refractivity contribution >= 4 is 36.2 Å². The summed E-state index contributed by atoms with van der Waals surface area (Å²) in [6.45, 7) is 5.27. The maximum absolute atomic E-state index is 6.05. The lowest BCUT2D eigenvalue weighted by atomic mass is 9.95. The van der Waals surface area contributed by atoms with Crippen molar-refractivity contribution in [1.29, 1.82) is 0 Å². The van der Waals surface area contributed by atoms with Gasteiger partial charge in [-0.05, 0) is 24.5 Å². The lowest BCUT2D eigenvalue weighted by Gasteiger charge is -2.34. The predicted molar refractivity (Wildman–Crippen MR) is 91.3 cm³/mol. The van der Waals surface area contributed by atoms with E-state index < -0.39 is 0 Å². The first-order chi connectivity index (χ1) is 9.22. The van der Waals surface area contributed by atoms with Crippen LogP contribution in [0.3, 0.4) is 0 Å². The fraction of sp³-hybridized carbons (Fsp3) is 0.500. The summed E-state index contributed by atoms with van der Waals surface area (Å²) >= 11 is 1.64. The quantitative estimate of drug-likeness (QED) is 0.922. The number of rotatable bonds is 3. The van der Waals surface area contributed by atoms with Gasteiger partial charge >= 0.3 is 0 Å². The Balaban J connectivity index is 0.00000110. The normalized spacial score (nSPS) is 22.4. The maximum atomic E-state index is 6.05. The fourth-order valence-electron chi connectivity index (χ4n) is 2.52. The van der Waals surface area contributed by atoms with E-state index in [0.717, 1.165) is 42.5 Å². The first-order valence-electron chi connectivity index (χ1n) is 6.68. The Morgan fingerprint density at radius 1 is 1.48 bits per heavy atom. The molecule has 2 atom stereocenters. The largest absolute Gasteiger partial charge is 0.462 e. The number of nitrogens with two attached hydrogens (primary N) is 1. The fourth-order valence-corrected chi connectivity index (χ4v) is 3.29. The van der Waals surface area contributed by atoms with Crippen molar-refractivity contribution in [2.24, 2.45) is 11.7 Å². The predicted octanol–water partition coefficient (Wildman–Crippen LogP) is 3.42. The second-order valence-electron chi connectivity index (χ2n) is 5.29. The van der Waals surface area contributed by atoms with Crippen molar-refractivity contribution < 1.29 is 4.42 Å². The molecule has 1 aliphatic rings. The molecule has 1 saturated heterocycles. The molecule has 2 aromatic rings. The van der Waals surface area contributed by atoms with E-state index in [9.17, 15) is 0 Å². The molecule has 2 N–H and O–H groups in total. The molecule has 0 radical (unpaired) electrons. The van der Waals surface area contributed by atoms with Crippen LogP contribution in [0.2, 0.25) is 0 Å². The second kappa shape index (κ2) is 8.15. The number of piperidine rings is 1. The molecule has 2 aromatic heterocycles. The smallest absolute Gasteiger partial charge is 0.162 e. The molecule has 3 rings (SSSR count). The van der Waals surface area contributed by atoms with Crippen molar-refractivity contribution in [3.63, 3.8) is 0 Å². The van der Waals surface area contributed by atoms with Crippen LogP contribution in [0.1, 0.15) is 19.0 Å². The highest BCUT2D eigenvalue weighted by Gasteiger charge is 2.23. The van der Waals surface area contributed by atoms with Crippen LogP contribution in [-0.4, -0.2) is 29.0 Å². The summed E-state index contributed by atoms with van der Waals surface area (Å²) in [5, 5.41) is 3.08. The van der Waals surface area contributed by atoms with Gasteiger partial charge in [-0.15, -0.1) is 36.2 Å². The van der Waals surface area contributed by atoms with E-state index in [4.69, 9.17) is 10.2 Å². The molecular formula is C14H21Cl2N3OS. The molecule has 4 nitrogen and oxygen atoms in total. The third-order valence-electron chi connectivity index (χ3n) is 3.73. The number of hydrogen-bond acceptors (Lipinski definition) is 5. The Morgan fingerprint density at radius 3 is 2.95 bits per heavy atom. The number of aromatic nitrogens is 1. The molecule has 0 aromatic carbocycles. The average molecular weight is 350 g/mol. The van der Waals surface area contributed by atoms with Gasteiger partial charge in [0.05, 0.1) is 12.0 Å². The van der Waals surface area contributed by atoms with Gasteiger partial charge in [-0.3, -0.25) is 4.90 Å². The number of nitrogens with zero attached hydrogens (tertiary/aromatic N) is 2. The second-order valence-corrected chi connectivity index (χ2v) is 6.14. The Hall–Kier alpha value is -0.590. The first kappa shape index (κ1) is 18.5. The Morgan fingerprint density at radius 2 is 2.29 bits per heavy atom. The summed E-state index contributed by atoms with van der Waals surface area (Å²) in [6, 6.07) is 4.19. The molecule has 0 saturated carbocycles. The Kier molecular flexibility index (Phi) is 7.16. The topological polar surface area (TPSA) is 55.3 Å². The zero-order chi connectivity index (χ0) is 13.2. The molecule has 3 heterocycles. The SMILES string of the molecule is CC1CN(Cc2csc(-c3ccco3)n2)CCC1N.Cl.Cl. The number of likely N-dealkylation sites (tertiary alicyclic amines) is 1. The molecular weight excluding hydrogens is 329 g/mol. The highest BCUT2D eigenvalue weighted by molar-refractivity contribution is 7.13. The van der Waals surface area contributed by atoms with Crippen LogP contribution in [0.15, 0.2) is 28.2 Å². The summed E-state index contributed by atoms with van der Waals surface area (Å²) in [6.07, 6.45) is 2.76. The lowest BCUT2D eigenvalue weighted by molar-refractivity contribution is 0.156. The zero-order valence-corrected chi connectivity index (χ0v) is 14.3. The van der Waals surface area contributed by atoms with Crippen molar-refractivity contribution in [3.8, 4) is 10.8 Å². The van der Waals surface area contributed by atoms with E-state index in [0.29, 0.717) is 12.0 Å². The van der Waals surface area contributed by atoms with Crippen LogP contribution in [0.4, 0.5) is 0 Å². The standard InChI is InChI=1S/C14H19N3OS.2ClH/c1-10-7-17(5-4-12(10)15)8-11-9-19-14(16-11)13-3-2-6-18-13;;/h2-3,6,9-10,12H,4-5,7-8,15H2,1H3;2*1H. The molecule has 1 aliphatic heterocycles. The molecule has 21 heavy (non-hydrogen) atoms. The molecule has 1 fully saturated rings. The van der Waals surface area contributed by atoms with Gasteiger partial charge in [0.25, 0.3) is 0 Å². The van der Waals surface area contributed by atoms with Gasteiger partial charge in [-0.25, -0.2) is 4.98 Å². The Labute approximate surface area is 141 Å². The molecule has 0 bridgehead atoms. The van der Waals surface area contributed by atoms with E-state index in [2.05, 4.69) is 22.2 Å². The van der Waals surface area contributed by atoms with E-state index in [-0.39, 0.29) is 24.8 Å². The van der Waals surface area contributed by atoms with Crippen LogP contribution < -0.4 is 5.73 Å². The average Bonchev–Trinajstić information content (AvgIpc) is 3.04. The third kappa shape index (κ3) is 4.44. The van der Waals surface area contributed by atoms with E-state index in [1.165, 1.54) is 0 Å². The van der Waals surface area contributed by atoms with Gasteiger partial charge in [0, 0.05) is 31.1 Å². The van der Waals surface area contributed by atoms with Crippen LogP contribution >= 0.6 is 36.2 Å². The number of thiazole rings is 1. The van der Waals surface area contributed by atoms with Gasteiger partial charge < -0.3 is 10.2 Å². The number of furan rings is 1. The van der Waals surface area contributed by atoms with Gasteiger partial charge in [0.15, 0.2) is 10.8 Å². The number of halogens is 2. The molecule has 0 spiro atoms. The summed E-state index contributed by atoms with van der Waals surface area (Å²) in [4.78, 5) is 7.08. The molecule has 0 amide bonds. The van der Waals surface area contributed by atoms with E-state index >= 15 is 0 Å². The van der Waals surface area contributed by atoms with Crippen LogP contribution in [-0.2, 0) is 6.54 Å². The monoisotopic (exact) mass is 349 g/mol. The number of hydrogen-bond donors (Lipinski definition) is 1. The van der Waals surface area contributed by atoms with Gasteiger partial charge in [-0.2, -0.15) is 0 Å². The molecule has 7 heteroatoms. The highest BCUT2D eigenvalue weighted by Crippen LogP contribution is 2.25. The zero-order valence-electron chi connectivity index (χ0n) is 11.9. The van der Waals surface area contributed by atoms with Gasteiger partial charge in [0.2, 0.25) is 0 Å². The van der Waals surface area contributed by atoms with Gasteiger partial charge in [-0.1, -0.05) is 6.92 Å². The Bertz CT molecular complexity index is 532. The van der Waals surface area contributed by atoms with E-state index in [1.54, 1.807) is 17.6 Å². The molecule has 2 unspecified atom stereocenters. The minimum atomic E-state index is 0. The van der Waals surface area contributed by atoms with Crippen molar-refractivity contribution in [2.75, 3.05) is 13.1 Å². The van der Waals surface area contributed by atoms with Crippen LogP contribution in [0.5, 0.6) is 0 Å². The summed E-state index contributed by atoms with van der Waals surface area (Å²) in [5.74, 6) is 1.42. The van der Waals surface area contributed by atoms with Crippen LogP contribution in [0.25, 0.3) is 10.8 Å². The van der Waals surface area contributed by atoms with E-state index in [1.807, 2.05) is 12.1 Å². The van der Waals surface area contributed by atoms with Crippen molar-refractivity contribution in [2.45, 2.75) is 25.9 Å². The third-order valence-corrected chi connectivity index (χ3v) is 4.63. The maximum Gasteiger partial charge on any atom is 0.162 e. The van der Waals surface area contributed by atoms with Crippen molar-refractivity contribution in [3.05, 3.63) is 29.5 Å². The van der Waals surface area contributed by atoms with Crippen molar-refractivity contribution in [1.82, 2.24) is 9.88 Å². The summed E-state index contributed by atoms with van der Waals surface area (Å²) < 4.78 is 5.37. The summed E-state index contributed by atoms with van der Waals surface area (Å²) in [7, 11) is 0. The lowest BCUT2D eigenvalue weighted by Crippen LogP contribution is -2.45. The molecule has 0 aliphatic carbocycles. The van der Waals surface area contributed by atoms with Crippen LogP contribution in [0, 0.1) is 5.92 Å². The highest BCUT2D eigenvalue weighted by atomic mass is 35.5. The summed E-state index contributed by atoms with van der Waals surface area (Å²) in [5.41, 5.74) is 7.17.